The molecule has 0 fully saturated rings. The van der Waals surface area contributed by atoms with Crippen molar-refractivity contribution in [1.82, 2.24) is 4.98 Å². The third-order valence-electron chi connectivity index (χ3n) is 2.16. The third kappa shape index (κ3) is 1.39. The van der Waals surface area contributed by atoms with Crippen LogP contribution in [0.4, 0.5) is 5.69 Å². The van der Waals surface area contributed by atoms with E-state index in [1.807, 2.05) is 21.0 Å². The number of benzene rings is 1. The minimum atomic E-state index is 1.09. The van der Waals surface area contributed by atoms with Crippen LogP contribution in [0.25, 0.3) is 10.9 Å². The van der Waals surface area contributed by atoms with Crippen LogP contribution in [0.3, 0.4) is 0 Å². The van der Waals surface area contributed by atoms with Crippen molar-refractivity contribution in [3.8, 4) is 0 Å². The molecular formula is C11H13N2. The van der Waals surface area contributed by atoms with E-state index in [9.17, 15) is 0 Å². The van der Waals surface area contributed by atoms with Gasteiger partial charge in [-0.25, -0.2) is 0 Å². The molecule has 1 N–H and O–H groups in total. The van der Waals surface area contributed by atoms with Crippen LogP contribution in [0, 0.1) is 13.0 Å². The summed E-state index contributed by atoms with van der Waals surface area (Å²) in [5.41, 5.74) is 3.46. The van der Waals surface area contributed by atoms with Gasteiger partial charge in [0, 0.05) is 42.4 Å². The lowest BCUT2D eigenvalue weighted by atomic mass is 10.2. The molecule has 0 aliphatic carbocycles. The van der Waals surface area contributed by atoms with Gasteiger partial charge < -0.3 is 9.88 Å². The van der Waals surface area contributed by atoms with E-state index in [1.165, 1.54) is 5.69 Å². The first-order chi connectivity index (χ1) is 6.16. The number of nitrogens with one attached hydrogen (secondary N) is 1. The van der Waals surface area contributed by atoms with E-state index in [2.05, 4.69) is 34.1 Å². The zero-order valence-electron chi connectivity index (χ0n) is 8.18. The van der Waals surface area contributed by atoms with Gasteiger partial charge in [-0.3, -0.25) is 0 Å². The largest absolute Gasteiger partial charge is 0.378 e. The van der Waals surface area contributed by atoms with E-state index >= 15 is 0 Å². The number of anilines is 1. The molecule has 2 rings (SSSR count). The molecule has 0 aliphatic rings. The quantitative estimate of drug-likeness (QED) is 0.701. The number of rotatable bonds is 1. The fourth-order valence-corrected chi connectivity index (χ4v) is 1.46. The van der Waals surface area contributed by atoms with Crippen LogP contribution in [0.1, 0.15) is 5.69 Å². The van der Waals surface area contributed by atoms with Crippen LogP contribution in [-0.4, -0.2) is 19.1 Å². The Morgan fingerprint density at radius 1 is 1.31 bits per heavy atom. The van der Waals surface area contributed by atoms with Gasteiger partial charge in [0.25, 0.3) is 0 Å². The van der Waals surface area contributed by atoms with E-state index in [0.717, 1.165) is 16.6 Å². The van der Waals surface area contributed by atoms with Crippen molar-refractivity contribution in [2.75, 3.05) is 19.0 Å². The summed E-state index contributed by atoms with van der Waals surface area (Å²) in [4.78, 5) is 5.34. The third-order valence-corrected chi connectivity index (χ3v) is 2.16. The molecule has 0 spiro atoms. The van der Waals surface area contributed by atoms with E-state index in [4.69, 9.17) is 0 Å². The first-order valence-electron chi connectivity index (χ1n) is 4.36. The molecule has 2 heteroatoms. The van der Waals surface area contributed by atoms with Crippen LogP contribution in [0.2, 0.25) is 0 Å². The maximum Gasteiger partial charge on any atom is 0.0464 e. The SMILES string of the molecule is Cc1[c]c2cc(N(C)C)ccc2[nH]1. The lowest BCUT2D eigenvalue weighted by Crippen LogP contribution is -2.07. The summed E-state index contributed by atoms with van der Waals surface area (Å²) in [5.74, 6) is 0. The molecule has 0 saturated heterocycles. The average molecular weight is 173 g/mol. The second-order valence-corrected chi connectivity index (χ2v) is 3.50. The summed E-state index contributed by atoms with van der Waals surface area (Å²) < 4.78 is 0. The Kier molecular flexibility index (Phi) is 1.76. The molecule has 13 heavy (non-hydrogen) atoms. The molecule has 0 saturated carbocycles. The van der Waals surface area contributed by atoms with E-state index in [-0.39, 0.29) is 0 Å². The first kappa shape index (κ1) is 8.17. The molecule has 67 valence electrons. The van der Waals surface area contributed by atoms with Crippen molar-refractivity contribution in [1.29, 1.82) is 0 Å². The number of aromatic amines is 1. The zero-order chi connectivity index (χ0) is 9.42. The molecule has 1 heterocycles. The second-order valence-electron chi connectivity index (χ2n) is 3.50. The molecular weight excluding hydrogens is 160 g/mol. The zero-order valence-corrected chi connectivity index (χ0v) is 8.18. The Labute approximate surface area is 78.2 Å². The predicted molar refractivity (Wildman–Crippen MR) is 56.2 cm³/mol. The normalized spacial score (nSPS) is 10.7. The molecule has 2 nitrogen and oxygen atoms in total. The average Bonchev–Trinajstić information content (AvgIpc) is 2.42. The highest BCUT2D eigenvalue weighted by atomic mass is 15.1. The summed E-state index contributed by atoms with van der Waals surface area (Å²) in [6.07, 6.45) is 0. The lowest BCUT2D eigenvalue weighted by molar-refractivity contribution is 1.13. The predicted octanol–water partition coefficient (Wildman–Crippen LogP) is 2.34. The molecule has 2 aromatic rings. The molecule has 1 aromatic heterocycles. The molecule has 0 aliphatic heterocycles. The monoisotopic (exact) mass is 173 g/mol. The van der Waals surface area contributed by atoms with Gasteiger partial charge in [0.2, 0.25) is 0 Å². The van der Waals surface area contributed by atoms with Crippen LogP contribution < -0.4 is 4.90 Å². The van der Waals surface area contributed by atoms with Gasteiger partial charge >= 0.3 is 0 Å². The van der Waals surface area contributed by atoms with E-state index < -0.39 is 0 Å². The summed E-state index contributed by atoms with van der Waals surface area (Å²) in [5, 5.41) is 1.16. The maximum atomic E-state index is 3.27. The summed E-state index contributed by atoms with van der Waals surface area (Å²) in [7, 11) is 4.08. The lowest BCUT2D eigenvalue weighted by Gasteiger charge is -2.11. The van der Waals surface area contributed by atoms with Crippen LogP contribution in [-0.2, 0) is 0 Å². The molecule has 0 atom stereocenters. The fourth-order valence-electron chi connectivity index (χ4n) is 1.46. The Hall–Kier alpha value is -1.44. The second kappa shape index (κ2) is 2.80. The van der Waals surface area contributed by atoms with Gasteiger partial charge in [-0.2, -0.15) is 0 Å². The number of hydrogen-bond acceptors (Lipinski definition) is 1. The number of fused-ring (bicyclic) bond motifs is 1. The minimum Gasteiger partial charge on any atom is -0.378 e. The van der Waals surface area contributed by atoms with Crippen molar-refractivity contribution in [2.24, 2.45) is 0 Å². The van der Waals surface area contributed by atoms with Crippen LogP contribution in [0.15, 0.2) is 18.2 Å². The fraction of sp³-hybridized carbons (Fsp3) is 0.273. The Balaban J connectivity index is 2.61. The number of aryl methyl sites for hydroxylation is 1. The highest BCUT2D eigenvalue weighted by molar-refractivity contribution is 5.83. The van der Waals surface area contributed by atoms with E-state index in [0.29, 0.717) is 0 Å². The summed E-state index contributed by atoms with van der Waals surface area (Å²) >= 11 is 0. The van der Waals surface area contributed by atoms with Crippen LogP contribution >= 0.6 is 0 Å². The van der Waals surface area contributed by atoms with Crippen molar-refractivity contribution >= 4 is 16.6 Å². The standard InChI is InChI=1S/C11H13N2/c1-8-6-9-7-10(13(2)3)4-5-11(9)12-8/h4-5,7,12H,1-3H3. The van der Waals surface area contributed by atoms with Gasteiger partial charge in [-0.15, -0.1) is 0 Å². The molecule has 1 radical (unpaired) electrons. The van der Waals surface area contributed by atoms with Crippen molar-refractivity contribution in [3.63, 3.8) is 0 Å². The van der Waals surface area contributed by atoms with Crippen molar-refractivity contribution in [2.45, 2.75) is 6.92 Å². The van der Waals surface area contributed by atoms with Gasteiger partial charge in [0.15, 0.2) is 0 Å². The highest BCUT2D eigenvalue weighted by Gasteiger charge is 2.00. The minimum absolute atomic E-state index is 1.09. The molecule has 0 unspecified atom stereocenters. The topological polar surface area (TPSA) is 19.0 Å². The number of nitrogens with zero attached hydrogens (tertiary/aromatic N) is 1. The summed E-state index contributed by atoms with van der Waals surface area (Å²) in [6.45, 7) is 2.02. The van der Waals surface area contributed by atoms with Gasteiger partial charge in [0.1, 0.15) is 0 Å². The molecule has 0 amide bonds. The number of aromatic nitrogens is 1. The molecule has 0 bridgehead atoms. The Morgan fingerprint density at radius 2 is 2.08 bits per heavy atom. The summed E-state index contributed by atoms with van der Waals surface area (Å²) in [6, 6.07) is 9.60. The Morgan fingerprint density at radius 3 is 2.77 bits per heavy atom. The van der Waals surface area contributed by atoms with Crippen molar-refractivity contribution in [3.05, 3.63) is 30.0 Å². The number of hydrogen-bond donors (Lipinski definition) is 1. The van der Waals surface area contributed by atoms with Gasteiger partial charge in [-0.1, -0.05) is 0 Å². The Bertz CT molecular complexity index is 427. The van der Waals surface area contributed by atoms with Crippen molar-refractivity contribution < 1.29 is 0 Å². The van der Waals surface area contributed by atoms with Gasteiger partial charge in [-0.05, 0) is 25.1 Å². The maximum absolute atomic E-state index is 3.27. The van der Waals surface area contributed by atoms with E-state index in [1.54, 1.807) is 0 Å². The van der Waals surface area contributed by atoms with Crippen LogP contribution in [0.5, 0.6) is 0 Å². The van der Waals surface area contributed by atoms with Gasteiger partial charge in [0.05, 0.1) is 0 Å². The molecule has 1 aromatic carbocycles. The highest BCUT2D eigenvalue weighted by Crippen LogP contribution is 2.20. The number of H-pyrrole nitrogens is 1. The first-order valence-corrected chi connectivity index (χ1v) is 4.36. The smallest absolute Gasteiger partial charge is 0.0464 e.